The first-order chi connectivity index (χ1) is 14.1. The zero-order valence-electron chi connectivity index (χ0n) is 17.7. The van der Waals surface area contributed by atoms with E-state index in [0.717, 1.165) is 5.56 Å². The van der Waals surface area contributed by atoms with E-state index in [0.29, 0.717) is 11.4 Å². The number of benzene rings is 2. The lowest BCUT2D eigenvalue weighted by molar-refractivity contribution is -0.152. The quantitative estimate of drug-likeness (QED) is 0.650. The SMILES string of the molecule is CC(OC(=O)CNC(=O)COc1ccccc1)C(=O)Nc1ccc(C(C)(C)C)cc1. The van der Waals surface area contributed by atoms with Crippen LogP contribution in [0.4, 0.5) is 5.69 Å². The normalized spacial score (nSPS) is 11.9. The van der Waals surface area contributed by atoms with Crippen molar-refractivity contribution in [2.45, 2.75) is 39.2 Å². The maximum absolute atomic E-state index is 12.2. The number of hydrogen-bond donors (Lipinski definition) is 2. The van der Waals surface area contributed by atoms with E-state index in [1.165, 1.54) is 6.92 Å². The summed E-state index contributed by atoms with van der Waals surface area (Å²) in [6.07, 6.45) is -1.00. The Morgan fingerprint density at radius 3 is 2.20 bits per heavy atom. The molecule has 2 N–H and O–H groups in total. The van der Waals surface area contributed by atoms with Crippen LogP contribution < -0.4 is 15.4 Å². The molecule has 0 bridgehead atoms. The molecule has 0 fully saturated rings. The summed E-state index contributed by atoms with van der Waals surface area (Å²) in [6.45, 7) is 7.21. The Morgan fingerprint density at radius 2 is 1.60 bits per heavy atom. The average molecular weight is 412 g/mol. The fourth-order valence-corrected chi connectivity index (χ4v) is 2.48. The van der Waals surface area contributed by atoms with Gasteiger partial charge in [0.05, 0.1) is 0 Å². The van der Waals surface area contributed by atoms with Crippen molar-refractivity contribution in [1.82, 2.24) is 5.32 Å². The molecule has 0 aromatic heterocycles. The van der Waals surface area contributed by atoms with Crippen LogP contribution in [0.15, 0.2) is 54.6 Å². The second kappa shape index (κ2) is 10.4. The van der Waals surface area contributed by atoms with Gasteiger partial charge in [-0.25, -0.2) is 0 Å². The van der Waals surface area contributed by atoms with E-state index in [4.69, 9.17) is 9.47 Å². The molecule has 0 aliphatic heterocycles. The summed E-state index contributed by atoms with van der Waals surface area (Å²) in [5.41, 5.74) is 1.77. The first-order valence-electron chi connectivity index (χ1n) is 9.70. The lowest BCUT2D eigenvalue weighted by Crippen LogP contribution is -2.37. The zero-order valence-corrected chi connectivity index (χ0v) is 17.7. The van der Waals surface area contributed by atoms with E-state index in [1.807, 2.05) is 18.2 Å². The minimum atomic E-state index is -1.00. The molecule has 0 spiro atoms. The minimum Gasteiger partial charge on any atom is -0.484 e. The van der Waals surface area contributed by atoms with Crippen molar-refractivity contribution >= 4 is 23.5 Å². The molecule has 1 atom stereocenters. The molecular formula is C23H28N2O5. The van der Waals surface area contributed by atoms with Crippen LogP contribution >= 0.6 is 0 Å². The van der Waals surface area contributed by atoms with Gasteiger partial charge < -0.3 is 20.1 Å². The fourth-order valence-electron chi connectivity index (χ4n) is 2.48. The number of amides is 2. The fraction of sp³-hybridized carbons (Fsp3) is 0.348. The number of ether oxygens (including phenoxy) is 2. The van der Waals surface area contributed by atoms with Gasteiger partial charge in [0.15, 0.2) is 12.7 Å². The van der Waals surface area contributed by atoms with Gasteiger partial charge in [-0.15, -0.1) is 0 Å². The van der Waals surface area contributed by atoms with Crippen LogP contribution in [0.25, 0.3) is 0 Å². The number of para-hydroxylation sites is 1. The molecule has 0 aliphatic carbocycles. The summed E-state index contributed by atoms with van der Waals surface area (Å²) in [4.78, 5) is 35.9. The van der Waals surface area contributed by atoms with E-state index in [1.54, 1.807) is 36.4 Å². The molecule has 7 nitrogen and oxygen atoms in total. The third kappa shape index (κ3) is 7.58. The molecule has 30 heavy (non-hydrogen) atoms. The molecule has 2 aromatic carbocycles. The molecule has 0 heterocycles. The van der Waals surface area contributed by atoms with Crippen molar-refractivity contribution in [2.24, 2.45) is 0 Å². The largest absolute Gasteiger partial charge is 0.484 e. The van der Waals surface area contributed by atoms with Crippen molar-refractivity contribution in [3.8, 4) is 5.75 Å². The lowest BCUT2D eigenvalue weighted by Gasteiger charge is -2.19. The average Bonchev–Trinajstić information content (AvgIpc) is 2.71. The molecule has 2 amide bonds. The lowest BCUT2D eigenvalue weighted by atomic mass is 9.87. The molecular weight excluding hydrogens is 384 g/mol. The van der Waals surface area contributed by atoms with Gasteiger partial charge in [-0.3, -0.25) is 14.4 Å². The Kier molecular flexibility index (Phi) is 7.98. The molecule has 0 aliphatic rings. The van der Waals surface area contributed by atoms with Gasteiger partial charge in [-0.2, -0.15) is 0 Å². The van der Waals surface area contributed by atoms with Crippen molar-refractivity contribution in [1.29, 1.82) is 0 Å². The van der Waals surface area contributed by atoms with Crippen molar-refractivity contribution in [3.63, 3.8) is 0 Å². The Morgan fingerprint density at radius 1 is 0.967 bits per heavy atom. The molecule has 0 saturated carbocycles. The number of carbonyl (C=O) groups excluding carboxylic acids is 3. The van der Waals surface area contributed by atoms with Crippen molar-refractivity contribution in [3.05, 3.63) is 60.2 Å². The predicted molar refractivity (Wildman–Crippen MR) is 114 cm³/mol. The van der Waals surface area contributed by atoms with Gasteiger partial charge in [-0.1, -0.05) is 51.1 Å². The van der Waals surface area contributed by atoms with E-state index in [-0.39, 0.29) is 18.6 Å². The summed E-state index contributed by atoms with van der Waals surface area (Å²) in [6, 6.07) is 16.3. The number of nitrogens with one attached hydrogen (secondary N) is 2. The maximum Gasteiger partial charge on any atom is 0.326 e. The second-order valence-electron chi connectivity index (χ2n) is 7.83. The molecule has 2 aromatic rings. The highest BCUT2D eigenvalue weighted by molar-refractivity contribution is 5.95. The van der Waals surface area contributed by atoms with E-state index < -0.39 is 23.9 Å². The van der Waals surface area contributed by atoms with Crippen LogP contribution in [-0.2, 0) is 24.5 Å². The van der Waals surface area contributed by atoms with Crippen molar-refractivity contribution < 1.29 is 23.9 Å². The van der Waals surface area contributed by atoms with Crippen LogP contribution in [0, 0.1) is 0 Å². The highest BCUT2D eigenvalue weighted by atomic mass is 16.5. The summed E-state index contributed by atoms with van der Waals surface area (Å²) in [7, 11) is 0. The Hall–Kier alpha value is -3.35. The smallest absolute Gasteiger partial charge is 0.326 e. The zero-order chi connectivity index (χ0) is 22.1. The van der Waals surface area contributed by atoms with Crippen LogP contribution in [0.1, 0.15) is 33.3 Å². The highest BCUT2D eigenvalue weighted by Gasteiger charge is 2.19. The molecule has 7 heteroatoms. The predicted octanol–water partition coefficient (Wildman–Crippen LogP) is 3.05. The number of rotatable bonds is 8. The number of esters is 1. The third-order valence-corrected chi connectivity index (χ3v) is 4.24. The Bertz CT molecular complexity index is 857. The first kappa shape index (κ1) is 22.9. The summed E-state index contributed by atoms with van der Waals surface area (Å²) >= 11 is 0. The Labute approximate surface area is 176 Å². The first-order valence-corrected chi connectivity index (χ1v) is 9.70. The minimum absolute atomic E-state index is 0.0158. The van der Waals surface area contributed by atoms with Gasteiger partial charge in [0.1, 0.15) is 12.3 Å². The molecule has 0 radical (unpaired) electrons. The number of carbonyl (C=O) groups is 3. The van der Waals surface area contributed by atoms with Crippen LogP contribution in [-0.4, -0.2) is 37.0 Å². The molecule has 1 unspecified atom stereocenters. The maximum atomic E-state index is 12.2. The van der Waals surface area contributed by atoms with Gasteiger partial charge in [0.2, 0.25) is 0 Å². The summed E-state index contributed by atoms with van der Waals surface area (Å²) in [5, 5.41) is 5.10. The summed E-state index contributed by atoms with van der Waals surface area (Å²) in [5.74, 6) is -1.08. The van der Waals surface area contributed by atoms with Crippen LogP contribution in [0.5, 0.6) is 5.75 Å². The summed E-state index contributed by atoms with van der Waals surface area (Å²) < 4.78 is 10.4. The van der Waals surface area contributed by atoms with E-state index in [9.17, 15) is 14.4 Å². The molecule has 0 saturated heterocycles. The van der Waals surface area contributed by atoms with E-state index >= 15 is 0 Å². The van der Waals surface area contributed by atoms with Gasteiger partial charge in [0.25, 0.3) is 11.8 Å². The van der Waals surface area contributed by atoms with Gasteiger partial charge >= 0.3 is 5.97 Å². The monoisotopic (exact) mass is 412 g/mol. The number of hydrogen-bond acceptors (Lipinski definition) is 5. The third-order valence-electron chi connectivity index (χ3n) is 4.24. The van der Waals surface area contributed by atoms with Gasteiger partial charge in [0, 0.05) is 5.69 Å². The molecule has 2 rings (SSSR count). The molecule has 160 valence electrons. The van der Waals surface area contributed by atoms with E-state index in [2.05, 4.69) is 31.4 Å². The standard InChI is InChI=1S/C23H28N2O5/c1-16(22(28)25-18-12-10-17(11-13-18)23(2,3)4)30-21(27)14-24-20(26)15-29-19-8-6-5-7-9-19/h5-13,16H,14-15H2,1-4H3,(H,24,26)(H,25,28). The topological polar surface area (TPSA) is 93.7 Å². The van der Waals surface area contributed by atoms with Crippen LogP contribution in [0.3, 0.4) is 0 Å². The Balaban J connectivity index is 1.72. The second-order valence-corrected chi connectivity index (χ2v) is 7.83. The number of anilines is 1. The van der Waals surface area contributed by atoms with Crippen molar-refractivity contribution in [2.75, 3.05) is 18.5 Å². The highest BCUT2D eigenvalue weighted by Crippen LogP contribution is 2.23. The van der Waals surface area contributed by atoms with Crippen LogP contribution in [0.2, 0.25) is 0 Å². The van der Waals surface area contributed by atoms with Gasteiger partial charge in [-0.05, 0) is 42.2 Å².